The number of rotatable bonds is 5. The maximum absolute atomic E-state index is 13.3. The zero-order valence-corrected chi connectivity index (χ0v) is 10.6. The second-order valence-corrected chi connectivity index (χ2v) is 4.57. The molecule has 0 spiro atoms. The maximum atomic E-state index is 13.3. The van der Waals surface area contributed by atoms with Crippen molar-refractivity contribution in [3.8, 4) is 0 Å². The molecule has 0 bridgehead atoms. The van der Waals surface area contributed by atoms with Crippen molar-refractivity contribution in [2.75, 3.05) is 13.1 Å². The molecular formula is C14H18FNO2. The van der Waals surface area contributed by atoms with Gasteiger partial charge in [0.05, 0.1) is 12.7 Å². The highest BCUT2D eigenvalue weighted by Gasteiger charge is 2.30. The van der Waals surface area contributed by atoms with Gasteiger partial charge in [-0.25, -0.2) is 4.39 Å². The summed E-state index contributed by atoms with van der Waals surface area (Å²) in [5.74, 6) is -0.0565. The molecule has 0 unspecified atom stereocenters. The van der Waals surface area contributed by atoms with Gasteiger partial charge >= 0.3 is 0 Å². The van der Waals surface area contributed by atoms with Crippen LogP contribution in [0.4, 0.5) is 4.39 Å². The van der Waals surface area contributed by atoms with Crippen molar-refractivity contribution >= 4 is 5.91 Å². The van der Waals surface area contributed by atoms with Crippen molar-refractivity contribution in [2.45, 2.75) is 32.5 Å². The zero-order chi connectivity index (χ0) is 13.0. The molecule has 0 aromatic heterocycles. The predicted octanol–water partition coefficient (Wildman–Crippen LogP) is 2.35. The lowest BCUT2D eigenvalue weighted by molar-refractivity contribution is -0.146. The van der Waals surface area contributed by atoms with Crippen molar-refractivity contribution in [2.24, 2.45) is 0 Å². The molecule has 98 valence electrons. The molecule has 1 amide bonds. The van der Waals surface area contributed by atoms with Crippen molar-refractivity contribution < 1.29 is 13.9 Å². The Morgan fingerprint density at radius 2 is 2.17 bits per heavy atom. The largest absolute Gasteiger partial charge is 0.370 e. The van der Waals surface area contributed by atoms with Crippen LogP contribution in [-0.4, -0.2) is 30.0 Å². The fourth-order valence-corrected chi connectivity index (χ4v) is 1.94. The van der Waals surface area contributed by atoms with Crippen LogP contribution in [-0.2, 0) is 16.1 Å². The van der Waals surface area contributed by atoms with Crippen LogP contribution in [0.15, 0.2) is 24.3 Å². The Balaban J connectivity index is 1.72. The van der Waals surface area contributed by atoms with Crippen LogP contribution in [0.2, 0.25) is 0 Å². The highest BCUT2D eigenvalue weighted by Crippen LogP contribution is 2.16. The first-order chi connectivity index (χ1) is 8.70. The SMILES string of the molecule is CCCC(=O)N1CC(OCc2ccccc2F)C1. The van der Waals surface area contributed by atoms with Crippen molar-refractivity contribution in [3.63, 3.8) is 0 Å². The molecule has 0 N–H and O–H groups in total. The number of carbonyl (C=O) groups excluding carboxylic acids is 1. The summed E-state index contributed by atoms with van der Waals surface area (Å²) >= 11 is 0. The molecule has 1 aliphatic rings. The Morgan fingerprint density at radius 1 is 1.44 bits per heavy atom. The minimum Gasteiger partial charge on any atom is -0.370 e. The average molecular weight is 251 g/mol. The fourth-order valence-electron chi connectivity index (χ4n) is 1.94. The Bertz CT molecular complexity index is 416. The first-order valence-electron chi connectivity index (χ1n) is 6.33. The normalized spacial score (nSPS) is 15.6. The number of carbonyl (C=O) groups is 1. The Kier molecular flexibility index (Phi) is 4.31. The summed E-state index contributed by atoms with van der Waals surface area (Å²) in [7, 11) is 0. The van der Waals surface area contributed by atoms with E-state index in [-0.39, 0.29) is 24.4 Å². The summed E-state index contributed by atoms with van der Waals surface area (Å²) in [5.41, 5.74) is 0.566. The topological polar surface area (TPSA) is 29.5 Å². The third-order valence-electron chi connectivity index (χ3n) is 3.10. The number of hydrogen-bond acceptors (Lipinski definition) is 2. The lowest BCUT2D eigenvalue weighted by Crippen LogP contribution is -2.54. The van der Waals surface area contributed by atoms with Gasteiger partial charge in [0.25, 0.3) is 0 Å². The van der Waals surface area contributed by atoms with Crippen LogP contribution in [0, 0.1) is 5.82 Å². The van der Waals surface area contributed by atoms with Gasteiger partial charge in [-0.05, 0) is 12.5 Å². The molecule has 1 saturated heterocycles. The van der Waals surface area contributed by atoms with E-state index in [0.717, 1.165) is 6.42 Å². The number of benzene rings is 1. The summed E-state index contributed by atoms with van der Waals surface area (Å²) in [6.45, 7) is 3.53. The number of amides is 1. The monoisotopic (exact) mass is 251 g/mol. The van der Waals surface area contributed by atoms with E-state index in [1.165, 1.54) is 6.07 Å². The van der Waals surface area contributed by atoms with Gasteiger partial charge in [-0.3, -0.25) is 4.79 Å². The smallest absolute Gasteiger partial charge is 0.222 e. The van der Waals surface area contributed by atoms with Crippen LogP contribution >= 0.6 is 0 Å². The van der Waals surface area contributed by atoms with E-state index in [9.17, 15) is 9.18 Å². The van der Waals surface area contributed by atoms with Gasteiger partial charge in [-0.2, -0.15) is 0 Å². The van der Waals surface area contributed by atoms with Crippen LogP contribution < -0.4 is 0 Å². The number of nitrogens with zero attached hydrogens (tertiary/aromatic N) is 1. The third kappa shape index (κ3) is 3.07. The average Bonchev–Trinajstić information content (AvgIpc) is 2.29. The molecule has 0 aliphatic carbocycles. The summed E-state index contributed by atoms with van der Waals surface area (Å²) in [6.07, 6.45) is 1.52. The van der Waals surface area contributed by atoms with Gasteiger partial charge < -0.3 is 9.64 Å². The standard InChI is InChI=1S/C14H18FNO2/c1-2-5-14(17)16-8-12(9-16)18-10-11-6-3-4-7-13(11)15/h3-4,6-7,12H,2,5,8-10H2,1H3. The summed E-state index contributed by atoms with van der Waals surface area (Å²) < 4.78 is 18.9. The minimum atomic E-state index is -0.240. The molecule has 18 heavy (non-hydrogen) atoms. The second kappa shape index (κ2) is 5.96. The third-order valence-corrected chi connectivity index (χ3v) is 3.10. The maximum Gasteiger partial charge on any atom is 0.222 e. The molecule has 4 heteroatoms. The summed E-state index contributed by atoms with van der Waals surface area (Å²) in [6, 6.07) is 6.59. The number of halogens is 1. The van der Waals surface area contributed by atoms with Gasteiger partial charge in [0, 0.05) is 25.1 Å². The Hall–Kier alpha value is -1.42. The molecule has 1 aromatic rings. The Labute approximate surface area is 107 Å². The van der Waals surface area contributed by atoms with Crippen LogP contribution in [0.25, 0.3) is 0 Å². The number of likely N-dealkylation sites (tertiary alicyclic amines) is 1. The summed E-state index contributed by atoms with van der Waals surface area (Å²) in [4.78, 5) is 13.3. The van der Waals surface area contributed by atoms with E-state index < -0.39 is 0 Å². The molecule has 0 radical (unpaired) electrons. The Morgan fingerprint density at radius 3 is 2.83 bits per heavy atom. The van der Waals surface area contributed by atoms with Gasteiger partial charge in [0.2, 0.25) is 5.91 Å². The number of ether oxygens (including phenoxy) is 1. The van der Waals surface area contributed by atoms with Crippen LogP contribution in [0.1, 0.15) is 25.3 Å². The minimum absolute atomic E-state index is 0.0467. The molecule has 1 fully saturated rings. The number of hydrogen-bond donors (Lipinski definition) is 0. The van der Waals surface area contributed by atoms with Gasteiger partial charge in [-0.15, -0.1) is 0 Å². The molecule has 1 heterocycles. The van der Waals surface area contributed by atoms with Crippen molar-refractivity contribution in [1.29, 1.82) is 0 Å². The predicted molar refractivity (Wildman–Crippen MR) is 66.5 cm³/mol. The first-order valence-corrected chi connectivity index (χ1v) is 6.33. The highest BCUT2D eigenvalue weighted by atomic mass is 19.1. The van der Waals surface area contributed by atoms with Gasteiger partial charge in [0.15, 0.2) is 0 Å². The van der Waals surface area contributed by atoms with Crippen molar-refractivity contribution in [3.05, 3.63) is 35.6 Å². The molecule has 3 nitrogen and oxygen atoms in total. The second-order valence-electron chi connectivity index (χ2n) is 4.57. The summed E-state index contributed by atoms with van der Waals surface area (Å²) in [5, 5.41) is 0. The zero-order valence-electron chi connectivity index (χ0n) is 10.6. The van der Waals surface area contributed by atoms with E-state index in [1.807, 2.05) is 6.92 Å². The molecule has 0 saturated carbocycles. The molecule has 1 aromatic carbocycles. The van der Waals surface area contributed by atoms with E-state index in [0.29, 0.717) is 25.1 Å². The van der Waals surface area contributed by atoms with Crippen LogP contribution in [0.5, 0.6) is 0 Å². The van der Waals surface area contributed by atoms with Crippen LogP contribution in [0.3, 0.4) is 0 Å². The fraction of sp³-hybridized carbons (Fsp3) is 0.500. The van der Waals surface area contributed by atoms with E-state index in [2.05, 4.69) is 0 Å². The molecule has 0 atom stereocenters. The van der Waals surface area contributed by atoms with Gasteiger partial charge in [0.1, 0.15) is 5.82 Å². The van der Waals surface area contributed by atoms with Crippen molar-refractivity contribution in [1.82, 2.24) is 4.90 Å². The molecule has 2 rings (SSSR count). The first kappa shape index (κ1) is 13.0. The quantitative estimate of drug-likeness (QED) is 0.804. The van der Waals surface area contributed by atoms with Gasteiger partial charge in [-0.1, -0.05) is 25.1 Å². The molecule has 1 aliphatic heterocycles. The lowest BCUT2D eigenvalue weighted by atomic mass is 10.1. The molecular weight excluding hydrogens is 233 g/mol. The van der Waals surface area contributed by atoms with E-state index in [1.54, 1.807) is 23.1 Å². The lowest BCUT2D eigenvalue weighted by Gasteiger charge is -2.39. The highest BCUT2D eigenvalue weighted by molar-refractivity contribution is 5.77. The van der Waals surface area contributed by atoms with E-state index >= 15 is 0 Å². The van der Waals surface area contributed by atoms with E-state index in [4.69, 9.17) is 4.74 Å².